The molecule has 0 unspecified atom stereocenters. The molecule has 0 atom stereocenters. The fourth-order valence-electron chi connectivity index (χ4n) is 2.24. The van der Waals surface area contributed by atoms with Gasteiger partial charge in [-0.3, -0.25) is 10.1 Å². The minimum atomic E-state index is -6.27. The Balaban J connectivity index is 2.21. The largest absolute Gasteiger partial charge is 0.496 e. The van der Waals surface area contributed by atoms with Gasteiger partial charge in [-0.15, -0.1) is 0 Å². The molecule has 2 aromatic carbocycles. The molecular formula is C18H12ClF7N2O3S. The summed E-state index contributed by atoms with van der Waals surface area (Å²) in [5, 5.41) is -1.45. The molecule has 2 aromatic rings. The molecule has 0 saturated heterocycles. The molecule has 3 amide bonds. The van der Waals surface area contributed by atoms with Crippen LogP contribution in [0.5, 0.6) is 5.75 Å². The second kappa shape index (κ2) is 9.45. The molecule has 0 bridgehead atoms. The summed E-state index contributed by atoms with van der Waals surface area (Å²) in [6.07, 6.45) is -12.5. The second-order valence-electron chi connectivity index (χ2n) is 5.95. The lowest BCUT2D eigenvalue weighted by Gasteiger charge is -2.29. The van der Waals surface area contributed by atoms with E-state index in [-0.39, 0.29) is 16.3 Å². The van der Waals surface area contributed by atoms with Crippen LogP contribution in [0.2, 0.25) is 5.02 Å². The molecule has 0 aliphatic heterocycles. The molecule has 0 heterocycles. The molecule has 0 saturated carbocycles. The Bertz CT molecular complexity index is 1000. The average Bonchev–Trinajstić information content (AvgIpc) is 2.67. The molecular weight excluding hydrogens is 493 g/mol. The monoisotopic (exact) mass is 504 g/mol. The molecule has 14 heteroatoms. The first-order chi connectivity index (χ1) is 14.7. The van der Waals surface area contributed by atoms with Crippen LogP contribution in [0.3, 0.4) is 0 Å². The van der Waals surface area contributed by atoms with Crippen molar-refractivity contribution in [2.24, 2.45) is 0 Å². The van der Waals surface area contributed by atoms with Crippen molar-refractivity contribution in [1.29, 1.82) is 0 Å². The minimum absolute atomic E-state index is 0.0211. The fraction of sp³-hybridized carbons (Fsp3) is 0.222. The summed E-state index contributed by atoms with van der Waals surface area (Å²) in [7, 11) is 0.922. The summed E-state index contributed by atoms with van der Waals surface area (Å²) in [6, 6.07) is 7.16. The number of thioether (sulfide) groups is 1. The Morgan fingerprint density at radius 1 is 0.969 bits per heavy atom. The van der Waals surface area contributed by atoms with Crippen LogP contribution >= 0.6 is 23.4 Å². The number of amides is 3. The van der Waals surface area contributed by atoms with E-state index < -0.39 is 51.7 Å². The first kappa shape index (κ1) is 25.6. The quantitative estimate of drug-likeness (QED) is 0.376. The van der Waals surface area contributed by atoms with Gasteiger partial charge in [0.05, 0.1) is 22.6 Å². The van der Waals surface area contributed by atoms with E-state index in [1.54, 1.807) is 6.07 Å². The summed E-state index contributed by atoms with van der Waals surface area (Å²) in [6.45, 7) is 0. The van der Waals surface area contributed by atoms with E-state index in [4.69, 9.17) is 16.3 Å². The number of anilines is 1. The molecule has 0 aliphatic rings. The van der Waals surface area contributed by atoms with Crippen molar-refractivity contribution >= 4 is 41.0 Å². The molecule has 32 heavy (non-hydrogen) atoms. The van der Waals surface area contributed by atoms with Gasteiger partial charge in [-0.25, -0.2) is 9.18 Å². The highest BCUT2D eigenvalue weighted by atomic mass is 35.5. The minimum Gasteiger partial charge on any atom is -0.496 e. The summed E-state index contributed by atoms with van der Waals surface area (Å²) in [5.41, 5.74) is -0.189. The number of methoxy groups -OCH3 is 1. The third kappa shape index (κ3) is 5.57. The van der Waals surface area contributed by atoms with Gasteiger partial charge >= 0.3 is 23.4 Å². The smallest absolute Gasteiger partial charge is 0.441 e. The lowest BCUT2D eigenvalue weighted by atomic mass is 10.2. The van der Waals surface area contributed by atoms with Crippen LogP contribution in [0.1, 0.15) is 10.4 Å². The van der Waals surface area contributed by atoms with Crippen LogP contribution < -0.4 is 15.4 Å². The number of urea groups is 1. The summed E-state index contributed by atoms with van der Waals surface area (Å²) in [4.78, 5) is 23.2. The maximum atomic E-state index is 14.0. The molecule has 2 rings (SSSR count). The Hall–Kier alpha value is -2.67. The van der Waals surface area contributed by atoms with Gasteiger partial charge in [0.1, 0.15) is 5.75 Å². The highest BCUT2D eigenvalue weighted by Gasteiger charge is 2.73. The maximum Gasteiger partial charge on any atom is 0.441 e. The van der Waals surface area contributed by atoms with Crippen molar-refractivity contribution in [3.63, 3.8) is 0 Å². The molecule has 0 radical (unpaired) electrons. The first-order valence-electron chi connectivity index (χ1n) is 8.26. The zero-order chi connectivity index (χ0) is 24.3. The fourth-order valence-corrected chi connectivity index (χ4v) is 3.37. The molecule has 0 aromatic heterocycles. The molecule has 0 aliphatic carbocycles. The van der Waals surface area contributed by atoms with E-state index in [9.17, 15) is 40.3 Å². The van der Waals surface area contributed by atoms with Crippen molar-refractivity contribution in [3.8, 4) is 5.75 Å². The first-order valence-corrected chi connectivity index (χ1v) is 9.45. The van der Waals surface area contributed by atoms with E-state index in [0.717, 1.165) is 19.2 Å². The number of nitrogens with one attached hydrogen (secondary N) is 2. The van der Waals surface area contributed by atoms with Crippen LogP contribution in [-0.2, 0) is 0 Å². The van der Waals surface area contributed by atoms with Gasteiger partial charge < -0.3 is 10.1 Å². The number of hydrogen-bond donors (Lipinski definition) is 2. The van der Waals surface area contributed by atoms with Crippen molar-refractivity contribution in [1.82, 2.24) is 5.32 Å². The number of imide groups is 1. The molecule has 2 N–H and O–H groups in total. The highest BCUT2D eigenvalue weighted by Crippen LogP contribution is 2.56. The van der Waals surface area contributed by atoms with E-state index >= 15 is 0 Å². The molecule has 5 nitrogen and oxygen atoms in total. The topological polar surface area (TPSA) is 67.4 Å². The number of halogens is 8. The van der Waals surface area contributed by atoms with Gasteiger partial charge in [0.25, 0.3) is 5.91 Å². The van der Waals surface area contributed by atoms with E-state index in [0.29, 0.717) is 6.07 Å². The lowest BCUT2D eigenvalue weighted by Crippen LogP contribution is -2.50. The zero-order valence-corrected chi connectivity index (χ0v) is 17.3. The van der Waals surface area contributed by atoms with Gasteiger partial charge in [-0.05, 0) is 24.3 Å². The Morgan fingerprint density at radius 3 is 2.09 bits per heavy atom. The predicted octanol–water partition coefficient (Wildman–Crippen LogP) is 6.19. The SMILES string of the molecule is COc1cc(NC(=O)NC(=O)c2ccccc2Cl)ccc1SC(F)(C(F)(F)F)C(F)(F)F. The Kier molecular flexibility index (Phi) is 7.55. The van der Waals surface area contributed by atoms with Crippen molar-refractivity contribution in [2.75, 3.05) is 12.4 Å². The van der Waals surface area contributed by atoms with Gasteiger partial charge in [-0.2, -0.15) is 26.3 Å². The van der Waals surface area contributed by atoms with Crippen LogP contribution in [0.15, 0.2) is 47.4 Å². The van der Waals surface area contributed by atoms with Crippen molar-refractivity contribution < 1.29 is 45.1 Å². The summed E-state index contributed by atoms with van der Waals surface area (Å²) < 4.78 is 95.5. The summed E-state index contributed by atoms with van der Waals surface area (Å²) >= 11 is 4.69. The number of alkyl halides is 7. The van der Waals surface area contributed by atoms with Gasteiger partial charge in [0, 0.05) is 11.8 Å². The number of carbonyl (C=O) groups excluding carboxylic acids is 2. The highest BCUT2D eigenvalue weighted by molar-refractivity contribution is 8.00. The van der Waals surface area contributed by atoms with Gasteiger partial charge in [-0.1, -0.05) is 35.5 Å². The maximum absolute atomic E-state index is 14.0. The Labute approximate surface area is 185 Å². The molecule has 0 fully saturated rings. The third-order valence-electron chi connectivity index (χ3n) is 3.75. The average molecular weight is 505 g/mol. The van der Waals surface area contributed by atoms with E-state index in [1.165, 1.54) is 18.2 Å². The van der Waals surface area contributed by atoms with E-state index in [2.05, 4.69) is 5.32 Å². The zero-order valence-electron chi connectivity index (χ0n) is 15.7. The summed E-state index contributed by atoms with van der Waals surface area (Å²) in [5.74, 6) is -1.45. The normalized spacial score (nSPS) is 12.3. The van der Waals surface area contributed by atoms with Gasteiger partial charge in [0.2, 0.25) is 0 Å². The molecule has 0 spiro atoms. The predicted molar refractivity (Wildman–Crippen MR) is 103 cm³/mol. The lowest BCUT2D eigenvalue weighted by molar-refractivity contribution is -0.302. The van der Waals surface area contributed by atoms with E-state index in [1.807, 2.05) is 5.32 Å². The standard InChI is InChI=1S/C18H12ClF7N2O3S/c1-31-12-8-9(27-15(30)28-14(29)10-4-2-3-5-11(10)19)6-7-13(12)32-16(20,17(21,22)23)18(24,25)26/h2-8H,1H3,(H2,27,28,29,30). The van der Waals surface area contributed by atoms with Crippen LogP contribution in [-0.4, -0.2) is 36.4 Å². The van der Waals surface area contributed by atoms with Gasteiger partial charge in [0.15, 0.2) is 0 Å². The number of rotatable bonds is 5. The molecule has 174 valence electrons. The third-order valence-corrected chi connectivity index (χ3v) is 5.38. The number of hydrogen-bond acceptors (Lipinski definition) is 4. The number of carbonyl (C=O) groups is 2. The van der Waals surface area contributed by atoms with Crippen LogP contribution in [0.25, 0.3) is 0 Å². The van der Waals surface area contributed by atoms with Crippen molar-refractivity contribution in [2.45, 2.75) is 22.2 Å². The van der Waals surface area contributed by atoms with Crippen molar-refractivity contribution in [3.05, 3.63) is 53.1 Å². The van der Waals surface area contributed by atoms with Crippen LogP contribution in [0.4, 0.5) is 41.2 Å². The second-order valence-corrected chi connectivity index (χ2v) is 7.56. The number of ether oxygens (including phenoxy) is 1. The number of benzene rings is 2. The Morgan fingerprint density at radius 2 is 1.56 bits per heavy atom. The van der Waals surface area contributed by atoms with Crippen LogP contribution in [0, 0.1) is 0 Å².